The van der Waals surface area contributed by atoms with Gasteiger partial charge in [-0.25, -0.2) is 8.42 Å². The van der Waals surface area contributed by atoms with Crippen molar-refractivity contribution >= 4 is 56.0 Å². The maximum Gasteiger partial charge on any atom is 0.266 e. The van der Waals surface area contributed by atoms with Crippen LogP contribution < -0.4 is 0 Å². The van der Waals surface area contributed by atoms with E-state index in [0.29, 0.717) is 22.2 Å². The molecule has 6 nitrogen and oxygen atoms in total. The van der Waals surface area contributed by atoms with Gasteiger partial charge in [-0.2, -0.15) is 0 Å². The van der Waals surface area contributed by atoms with Gasteiger partial charge in [0.25, 0.3) is 5.91 Å². The van der Waals surface area contributed by atoms with Crippen molar-refractivity contribution in [2.24, 2.45) is 0 Å². The lowest BCUT2D eigenvalue weighted by atomic mass is 10.1. The zero-order chi connectivity index (χ0) is 20.5. The molecular formula is C19H22N2O4S3. The summed E-state index contributed by atoms with van der Waals surface area (Å²) in [6.07, 6.45) is 2.19. The molecule has 0 bridgehead atoms. The van der Waals surface area contributed by atoms with Gasteiger partial charge in [0.1, 0.15) is 10.4 Å². The third-order valence-electron chi connectivity index (χ3n) is 4.94. The molecular weight excluding hydrogens is 416 g/mol. The third-order valence-corrected chi connectivity index (χ3v) is 8.02. The molecule has 0 saturated carbocycles. The largest absolute Gasteiger partial charge is 0.337 e. The molecule has 2 amide bonds. The van der Waals surface area contributed by atoms with Gasteiger partial charge < -0.3 is 4.90 Å². The summed E-state index contributed by atoms with van der Waals surface area (Å²) in [6.45, 7) is 3.85. The number of thioether (sulfide) groups is 1. The molecule has 1 aromatic carbocycles. The van der Waals surface area contributed by atoms with Crippen molar-refractivity contribution in [3.8, 4) is 0 Å². The van der Waals surface area contributed by atoms with Gasteiger partial charge in [0.05, 0.1) is 16.4 Å². The van der Waals surface area contributed by atoms with Crippen LogP contribution in [0.5, 0.6) is 0 Å². The predicted octanol–water partition coefficient (Wildman–Crippen LogP) is 2.31. The molecule has 9 heteroatoms. The SMILES string of the molecule is CCN(C(=O)[C@H](C)N1C(=O)/C(=C\c2ccccc2)SC1=S)[C@@H]1CCS(=O)(=O)C1. The number of nitrogens with zero attached hydrogens (tertiary/aromatic N) is 2. The van der Waals surface area contributed by atoms with E-state index in [-0.39, 0.29) is 29.4 Å². The summed E-state index contributed by atoms with van der Waals surface area (Å²) in [7, 11) is -3.11. The lowest BCUT2D eigenvalue weighted by Crippen LogP contribution is -2.52. The van der Waals surface area contributed by atoms with E-state index in [1.54, 1.807) is 17.9 Å². The fourth-order valence-electron chi connectivity index (χ4n) is 3.48. The van der Waals surface area contributed by atoms with Crippen molar-refractivity contribution in [3.05, 3.63) is 40.8 Å². The van der Waals surface area contributed by atoms with Crippen LogP contribution in [0.3, 0.4) is 0 Å². The van der Waals surface area contributed by atoms with Gasteiger partial charge in [-0.3, -0.25) is 14.5 Å². The minimum atomic E-state index is -3.11. The van der Waals surface area contributed by atoms with E-state index < -0.39 is 15.9 Å². The van der Waals surface area contributed by atoms with Crippen LogP contribution in [-0.2, 0) is 19.4 Å². The first-order chi connectivity index (χ1) is 13.2. The Bertz CT molecular complexity index is 928. The highest BCUT2D eigenvalue weighted by Gasteiger charge is 2.42. The average molecular weight is 439 g/mol. The van der Waals surface area contributed by atoms with Crippen LogP contribution in [0.4, 0.5) is 0 Å². The quantitative estimate of drug-likeness (QED) is 0.519. The topological polar surface area (TPSA) is 74.8 Å². The number of sulfone groups is 1. The zero-order valence-corrected chi connectivity index (χ0v) is 18.1. The molecule has 28 heavy (non-hydrogen) atoms. The number of carbonyl (C=O) groups is 2. The highest BCUT2D eigenvalue weighted by atomic mass is 32.2. The number of likely N-dealkylation sites (N-methyl/N-ethyl adjacent to an activating group) is 1. The Labute approximate surface area is 174 Å². The maximum atomic E-state index is 13.1. The van der Waals surface area contributed by atoms with Crippen LogP contribution in [0.15, 0.2) is 35.2 Å². The van der Waals surface area contributed by atoms with Gasteiger partial charge in [-0.05, 0) is 31.9 Å². The van der Waals surface area contributed by atoms with Gasteiger partial charge in [0.15, 0.2) is 9.84 Å². The number of hydrogen-bond acceptors (Lipinski definition) is 6. The molecule has 0 aromatic heterocycles. The molecule has 150 valence electrons. The second-order valence-electron chi connectivity index (χ2n) is 6.82. The molecule has 3 rings (SSSR count). The predicted molar refractivity (Wildman–Crippen MR) is 115 cm³/mol. The van der Waals surface area contributed by atoms with E-state index in [0.717, 1.165) is 5.56 Å². The van der Waals surface area contributed by atoms with Crippen molar-refractivity contribution in [2.45, 2.75) is 32.4 Å². The third kappa shape index (κ3) is 4.31. The number of carbonyl (C=O) groups excluding carboxylic acids is 2. The molecule has 2 atom stereocenters. The van der Waals surface area contributed by atoms with E-state index in [1.807, 2.05) is 37.3 Å². The number of thiocarbonyl (C=S) groups is 1. The molecule has 0 aliphatic carbocycles. The molecule has 0 unspecified atom stereocenters. The Balaban J connectivity index is 1.78. The average Bonchev–Trinajstić information content (AvgIpc) is 3.14. The van der Waals surface area contributed by atoms with E-state index in [9.17, 15) is 18.0 Å². The second kappa shape index (κ2) is 8.34. The molecule has 0 radical (unpaired) electrons. The van der Waals surface area contributed by atoms with E-state index in [1.165, 1.54) is 16.7 Å². The van der Waals surface area contributed by atoms with Gasteiger partial charge in [0, 0.05) is 12.6 Å². The molecule has 1 aromatic rings. The molecule has 2 aliphatic heterocycles. The smallest absolute Gasteiger partial charge is 0.266 e. The Kier molecular flexibility index (Phi) is 6.26. The Morgan fingerprint density at radius 1 is 1.39 bits per heavy atom. The lowest BCUT2D eigenvalue weighted by Gasteiger charge is -2.32. The number of benzene rings is 1. The van der Waals surface area contributed by atoms with Gasteiger partial charge in [0.2, 0.25) is 5.91 Å². The number of hydrogen-bond donors (Lipinski definition) is 0. The summed E-state index contributed by atoms with van der Waals surface area (Å²) in [6, 6.07) is 8.31. The summed E-state index contributed by atoms with van der Waals surface area (Å²) < 4.78 is 23.9. The minimum Gasteiger partial charge on any atom is -0.337 e. The summed E-state index contributed by atoms with van der Waals surface area (Å²) in [5, 5.41) is 0. The maximum absolute atomic E-state index is 13.1. The van der Waals surface area contributed by atoms with Crippen LogP contribution in [0, 0.1) is 0 Å². The lowest BCUT2D eigenvalue weighted by molar-refractivity contribution is -0.140. The highest BCUT2D eigenvalue weighted by Crippen LogP contribution is 2.34. The molecule has 2 fully saturated rings. The van der Waals surface area contributed by atoms with E-state index in [2.05, 4.69) is 0 Å². The normalized spacial score (nSPS) is 24.0. The van der Waals surface area contributed by atoms with Crippen molar-refractivity contribution in [3.63, 3.8) is 0 Å². The first-order valence-electron chi connectivity index (χ1n) is 9.06. The molecule has 2 saturated heterocycles. The second-order valence-corrected chi connectivity index (χ2v) is 10.7. The van der Waals surface area contributed by atoms with E-state index in [4.69, 9.17) is 12.2 Å². The van der Waals surface area contributed by atoms with E-state index >= 15 is 0 Å². The fourth-order valence-corrected chi connectivity index (χ4v) is 6.63. The summed E-state index contributed by atoms with van der Waals surface area (Å²) >= 11 is 6.54. The molecule has 2 heterocycles. The fraction of sp³-hybridized carbons (Fsp3) is 0.421. The van der Waals surface area contributed by atoms with Crippen LogP contribution in [0.1, 0.15) is 25.8 Å². The summed E-state index contributed by atoms with van der Waals surface area (Å²) in [5.74, 6) is -0.501. The number of amides is 2. The van der Waals surface area contributed by atoms with Gasteiger partial charge >= 0.3 is 0 Å². The first-order valence-corrected chi connectivity index (χ1v) is 12.1. The van der Waals surface area contributed by atoms with Gasteiger partial charge in [-0.1, -0.05) is 54.3 Å². The van der Waals surface area contributed by atoms with Crippen molar-refractivity contribution in [1.82, 2.24) is 9.80 Å². The van der Waals surface area contributed by atoms with Crippen LogP contribution in [0.2, 0.25) is 0 Å². The molecule has 0 N–H and O–H groups in total. The Morgan fingerprint density at radius 3 is 2.64 bits per heavy atom. The molecule has 0 spiro atoms. The monoisotopic (exact) mass is 438 g/mol. The van der Waals surface area contributed by atoms with Crippen LogP contribution in [0.25, 0.3) is 6.08 Å². The highest BCUT2D eigenvalue weighted by molar-refractivity contribution is 8.26. The van der Waals surface area contributed by atoms with Crippen molar-refractivity contribution < 1.29 is 18.0 Å². The van der Waals surface area contributed by atoms with Crippen LogP contribution >= 0.6 is 24.0 Å². The standard InChI is InChI=1S/C19H22N2O4S3/c1-3-20(15-9-10-28(24,25)12-15)17(22)13(2)21-18(23)16(27-19(21)26)11-14-7-5-4-6-8-14/h4-8,11,13,15H,3,9-10,12H2,1-2H3/b16-11+/t13-,15+/m0/s1. The number of rotatable bonds is 5. The first kappa shape index (κ1) is 21.0. The Hall–Kier alpha value is -1.71. The minimum absolute atomic E-state index is 0.0222. The zero-order valence-electron chi connectivity index (χ0n) is 15.7. The van der Waals surface area contributed by atoms with Crippen molar-refractivity contribution in [2.75, 3.05) is 18.1 Å². The molecule has 2 aliphatic rings. The summed E-state index contributed by atoms with van der Waals surface area (Å²) in [4.78, 5) is 29.3. The Morgan fingerprint density at radius 2 is 2.07 bits per heavy atom. The van der Waals surface area contributed by atoms with Crippen molar-refractivity contribution in [1.29, 1.82) is 0 Å². The summed E-state index contributed by atoms with van der Waals surface area (Å²) in [5.41, 5.74) is 0.883. The van der Waals surface area contributed by atoms with Crippen LogP contribution in [-0.4, -0.2) is 64.5 Å². The van der Waals surface area contributed by atoms with Gasteiger partial charge in [-0.15, -0.1) is 0 Å².